The molecule has 0 aromatic heterocycles. The van der Waals surface area contributed by atoms with Gasteiger partial charge in [-0.1, -0.05) is 25.8 Å². The maximum atomic E-state index is 5.38. The Bertz CT molecular complexity index is 101. The summed E-state index contributed by atoms with van der Waals surface area (Å²) in [5, 5.41) is 0. The SMILES string of the molecule is C=COC1CCCCCCC1. The average molecular weight is 154 g/mol. The second-order valence-corrected chi connectivity index (χ2v) is 3.27. The third-order valence-corrected chi connectivity index (χ3v) is 2.34. The van der Waals surface area contributed by atoms with Gasteiger partial charge >= 0.3 is 0 Å². The molecule has 0 amide bonds. The monoisotopic (exact) mass is 154 g/mol. The highest BCUT2D eigenvalue weighted by Gasteiger charge is 2.09. The van der Waals surface area contributed by atoms with Gasteiger partial charge in [0.05, 0.1) is 12.4 Å². The van der Waals surface area contributed by atoms with Crippen LogP contribution in [0.3, 0.4) is 0 Å². The second kappa shape index (κ2) is 5.22. The van der Waals surface area contributed by atoms with E-state index in [0.29, 0.717) is 6.10 Å². The minimum absolute atomic E-state index is 0.466. The van der Waals surface area contributed by atoms with E-state index in [9.17, 15) is 0 Å². The molecule has 0 spiro atoms. The molecule has 0 radical (unpaired) electrons. The molecule has 1 rings (SSSR count). The van der Waals surface area contributed by atoms with Crippen LogP contribution in [0.4, 0.5) is 0 Å². The summed E-state index contributed by atoms with van der Waals surface area (Å²) >= 11 is 0. The van der Waals surface area contributed by atoms with Gasteiger partial charge in [-0.25, -0.2) is 0 Å². The van der Waals surface area contributed by atoms with Gasteiger partial charge in [-0.05, 0) is 25.7 Å². The van der Waals surface area contributed by atoms with E-state index in [-0.39, 0.29) is 0 Å². The van der Waals surface area contributed by atoms with E-state index in [1.165, 1.54) is 44.9 Å². The van der Waals surface area contributed by atoms with Gasteiger partial charge in [0.2, 0.25) is 0 Å². The number of hydrogen-bond acceptors (Lipinski definition) is 1. The summed E-state index contributed by atoms with van der Waals surface area (Å²) in [6, 6.07) is 0. The van der Waals surface area contributed by atoms with E-state index in [4.69, 9.17) is 4.74 Å². The highest BCUT2D eigenvalue weighted by molar-refractivity contribution is 4.65. The Hall–Kier alpha value is -0.460. The Morgan fingerprint density at radius 3 is 2.09 bits per heavy atom. The Morgan fingerprint density at radius 2 is 1.55 bits per heavy atom. The zero-order valence-corrected chi connectivity index (χ0v) is 7.22. The molecule has 1 nitrogen and oxygen atoms in total. The maximum absolute atomic E-state index is 5.38. The highest BCUT2D eigenvalue weighted by atomic mass is 16.5. The van der Waals surface area contributed by atoms with Crippen LogP contribution in [0.15, 0.2) is 12.8 Å². The molecule has 0 aliphatic heterocycles. The molecular formula is C10H18O. The van der Waals surface area contributed by atoms with Gasteiger partial charge in [0, 0.05) is 0 Å². The van der Waals surface area contributed by atoms with E-state index < -0.39 is 0 Å². The minimum atomic E-state index is 0.466. The fourth-order valence-corrected chi connectivity index (χ4v) is 1.69. The molecule has 0 unspecified atom stereocenters. The quantitative estimate of drug-likeness (QED) is 0.555. The summed E-state index contributed by atoms with van der Waals surface area (Å²) in [5.41, 5.74) is 0. The molecule has 11 heavy (non-hydrogen) atoms. The number of hydrogen-bond donors (Lipinski definition) is 0. The first-order chi connectivity index (χ1) is 5.43. The van der Waals surface area contributed by atoms with Gasteiger partial charge in [0.15, 0.2) is 0 Å². The zero-order valence-electron chi connectivity index (χ0n) is 7.22. The largest absolute Gasteiger partial charge is 0.499 e. The predicted octanol–water partition coefficient (Wildman–Crippen LogP) is 3.26. The molecule has 0 heterocycles. The van der Waals surface area contributed by atoms with Crippen molar-refractivity contribution in [2.24, 2.45) is 0 Å². The summed E-state index contributed by atoms with van der Waals surface area (Å²) in [6.45, 7) is 3.59. The van der Waals surface area contributed by atoms with Crippen molar-refractivity contribution >= 4 is 0 Å². The normalized spacial score (nSPS) is 21.8. The topological polar surface area (TPSA) is 9.23 Å². The molecule has 0 aromatic rings. The molecule has 1 heteroatoms. The van der Waals surface area contributed by atoms with E-state index in [1.54, 1.807) is 6.26 Å². The smallest absolute Gasteiger partial charge is 0.0978 e. The van der Waals surface area contributed by atoms with Crippen LogP contribution in [0, 0.1) is 0 Å². The van der Waals surface area contributed by atoms with Crippen molar-refractivity contribution in [3.05, 3.63) is 12.8 Å². The third-order valence-electron chi connectivity index (χ3n) is 2.34. The van der Waals surface area contributed by atoms with Crippen LogP contribution in [0.5, 0.6) is 0 Å². The number of ether oxygens (including phenoxy) is 1. The molecule has 1 fully saturated rings. The fourth-order valence-electron chi connectivity index (χ4n) is 1.69. The van der Waals surface area contributed by atoms with Crippen LogP contribution >= 0.6 is 0 Å². The molecule has 1 aliphatic carbocycles. The van der Waals surface area contributed by atoms with Gasteiger partial charge in [0.1, 0.15) is 0 Å². The molecule has 64 valence electrons. The molecule has 0 atom stereocenters. The Labute approximate surface area is 69.4 Å². The van der Waals surface area contributed by atoms with E-state index in [0.717, 1.165) is 0 Å². The second-order valence-electron chi connectivity index (χ2n) is 3.27. The molecule has 0 aromatic carbocycles. The molecule has 0 N–H and O–H groups in total. The van der Waals surface area contributed by atoms with Gasteiger partial charge in [-0.3, -0.25) is 0 Å². The summed E-state index contributed by atoms with van der Waals surface area (Å²) in [6.07, 6.45) is 11.4. The van der Waals surface area contributed by atoms with Crippen molar-refractivity contribution in [3.8, 4) is 0 Å². The summed E-state index contributed by atoms with van der Waals surface area (Å²) < 4.78 is 5.38. The first-order valence-corrected chi connectivity index (χ1v) is 4.70. The van der Waals surface area contributed by atoms with Gasteiger partial charge in [-0.2, -0.15) is 0 Å². The lowest BCUT2D eigenvalue weighted by Crippen LogP contribution is -2.11. The molecule has 0 bridgehead atoms. The van der Waals surface area contributed by atoms with Crippen molar-refractivity contribution < 1.29 is 4.74 Å². The highest BCUT2D eigenvalue weighted by Crippen LogP contribution is 2.19. The lowest BCUT2D eigenvalue weighted by molar-refractivity contribution is 0.117. The van der Waals surface area contributed by atoms with Crippen molar-refractivity contribution in [1.82, 2.24) is 0 Å². The van der Waals surface area contributed by atoms with Gasteiger partial charge < -0.3 is 4.74 Å². The Balaban J connectivity index is 2.20. The lowest BCUT2D eigenvalue weighted by atomic mass is 9.99. The van der Waals surface area contributed by atoms with Crippen LogP contribution in [-0.4, -0.2) is 6.10 Å². The zero-order chi connectivity index (χ0) is 7.94. The van der Waals surface area contributed by atoms with Crippen molar-refractivity contribution in [2.45, 2.75) is 51.0 Å². The maximum Gasteiger partial charge on any atom is 0.0978 e. The van der Waals surface area contributed by atoms with Crippen LogP contribution < -0.4 is 0 Å². The number of rotatable bonds is 2. The van der Waals surface area contributed by atoms with Crippen LogP contribution in [0.25, 0.3) is 0 Å². The van der Waals surface area contributed by atoms with Crippen LogP contribution in [0.2, 0.25) is 0 Å². The van der Waals surface area contributed by atoms with E-state index in [1.807, 2.05) is 0 Å². The van der Waals surface area contributed by atoms with E-state index >= 15 is 0 Å². The van der Waals surface area contributed by atoms with Crippen LogP contribution in [-0.2, 0) is 4.74 Å². The summed E-state index contributed by atoms with van der Waals surface area (Å²) in [7, 11) is 0. The van der Waals surface area contributed by atoms with Gasteiger partial charge in [-0.15, -0.1) is 0 Å². The first-order valence-electron chi connectivity index (χ1n) is 4.70. The molecular weight excluding hydrogens is 136 g/mol. The molecule has 1 aliphatic rings. The first kappa shape index (κ1) is 8.63. The van der Waals surface area contributed by atoms with E-state index in [2.05, 4.69) is 6.58 Å². The standard InChI is InChI=1S/C10H18O/c1-2-11-10-8-6-4-3-5-7-9-10/h2,10H,1,3-9H2. The molecule has 0 saturated heterocycles. The van der Waals surface area contributed by atoms with Crippen LogP contribution in [0.1, 0.15) is 44.9 Å². The van der Waals surface area contributed by atoms with Crippen molar-refractivity contribution in [3.63, 3.8) is 0 Å². The Kier molecular flexibility index (Phi) is 4.10. The minimum Gasteiger partial charge on any atom is -0.499 e. The van der Waals surface area contributed by atoms with Crippen molar-refractivity contribution in [1.29, 1.82) is 0 Å². The summed E-state index contributed by atoms with van der Waals surface area (Å²) in [4.78, 5) is 0. The Morgan fingerprint density at radius 1 is 1.00 bits per heavy atom. The predicted molar refractivity (Wildman–Crippen MR) is 47.4 cm³/mol. The fraction of sp³-hybridized carbons (Fsp3) is 0.800. The summed E-state index contributed by atoms with van der Waals surface area (Å²) in [5.74, 6) is 0. The van der Waals surface area contributed by atoms with Crippen molar-refractivity contribution in [2.75, 3.05) is 0 Å². The average Bonchev–Trinajstić information content (AvgIpc) is 1.94. The lowest BCUT2D eigenvalue weighted by Gasteiger charge is -2.18. The van der Waals surface area contributed by atoms with Gasteiger partial charge in [0.25, 0.3) is 0 Å². The third kappa shape index (κ3) is 3.45. The molecule has 1 saturated carbocycles.